The molecule has 0 unspecified atom stereocenters. The van der Waals surface area contributed by atoms with Crippen molar-refractivity contribution in [3.8, 4) is 18.2 Å². The maximum Gasteiger partial charge on any atom is 0.418 e. The predicted molar refractivity (Wildman–Crippen MR) is 66.6 cm³/mol. The first-order valence-electron chi connectivity index (χ1n) is 4.91. The Hall–Kier alpha value is -2.50. The molecule has 0 saturated heterocycles. The average Bonchev–Trinajstić information content (AvgIpc) is 2.39. The molecule has 0 heterocycles. The molecule has 0 atom stereocenters. The van der Waals surface area contributed by atoms with E-state index in [4.69, 9.17) is 15.8 Å². The number of hydrogen-bond acceptors (Lipinski definition) is 4. The highest BCUT2D eigenvalue weighted by atomic mass is 79.9. The lowest BCUT2D eigenvalue weighted by Crippen LogP contribution is -2.11. The van der Waals surface area contributed by atoms with Gasteiger partial charge in [-0.25, -0.2) is 0 Å². The molecule has 0 aromatic heterocycles. The SMILES string of the molecule is N#CC(C#N)=C(C#N)Nc1ccc(Br)cc1C(F)(F)F. The summed E-state index contributed by atoms with van der Waals surface area (Å²) in [5.41, 5.74) is -2.57. The Morgan fingerprint density at radius 3 is 2.15 bits per heavy atom. The van der Waals surface area contributed by atoms with Crippen LogP contribution in [-0.4, -0.2) is 0 Å². The summed E-state index contributed by atoms with van der Waals surface area (Å²) in [5.74, 6) is 0. The first kappa shape index (κ1) is 15.6. The topological polar surface area (TPSA) is 83.4 Å². The number of alkyl halides is 3. The molecule has 1 N–H and O–H groups in total. The number of benzene rings is 1. The lowest BCUT2D eigenvalue weighted by atomic mass is 10.1. The molecule has 0 bridgehead atoms. The van der Waals surface area contributed by atoms with Crippen LogP contribution < -0.4 is 5.32 Å². The second-order valence-electron chi connectivity index (χ2n) is 3.40. The smallest absolute Gasteiger partial charge is 0.345 e. The van der Waals surface area contributed by atoms with Gasteiger partial charge in [0, 0.05) is 4.47 Å². The number of nitrogens with one attached hydrogen (secondary N) is 1. The molecule has 0 aliphatic rings. The second kappa shape index (κ2) is 6.10. The summed E-state index contributed by atoms with van der Waals surface area (Å²) < 4.78 is 38.8. The van der Waals surface area contributed by atoms with E-state index in [9.17, 15) is 13.2 Å². The van der Waals surface area contributed by atoms with Gasteiger partial charge in [0.2, 0.25) is 0 Å². The highest BCUT2D eigenvalue weighted by Gasteiger charge is 2.34. The summed E-state index contributed by atoms with van der Waals surface area (Å²) in [6.07, 6.45) is -4.65. The maximum atomic E-state index is 12.9. The van der Waals surface area contributed by atoms with E-state index < -0.39 is 28.7 Å². The number of hydrogen-bond donors (Lipinski definition) is 1. The minimum Gasteiger partial charge on any atom is -0.345 e. The maximum absolute atomic E-state index is 12.9. The Morgan fingerprint density at radius 1 is 1.10 bits per heavy atom. The van der Waals surface area contributed by atoms with Crippen LogP contribution in [0.15, 0.2) is 33.9 Å². The standard InChI is InChI=1S/C12H4BrF3N4/c13-8-1-2-10(9(3-8)12(14,15)16)20-11(6-19)7(4-17)5-18/h1-3,20H. The zero-order valence-electron chi connectivity index (χ0n) is 9.59. The number of allylic oxidation sites excluding steroid dienone is 2. The van der Waals surface area contributed by atoms with Gasteiger partial charge in [-0.3, -0.25) is 0 Å². The Morgan fingerprint density at radius 2 is 1.70 bits per heavy atom. The van der Waals surface area contributed by atoms with Gasteiger partial charge in [-0.1, -0.05) is 15.9 Å². The van der Waals surface area contributed by atoms with Gasteiger partial charge < -0.3 is 5.32 Å². The molecule has 8 heteroatoms. The zero-order chi connectivity index (χ0) is 15.3. The fourth-order valence-corrected chi connectivity index (χ4v) is 1.64. The van der Waals surface area contributed by atoms with Crippen molar-refractivity contribution in [3.63, 3.8) is 0 Å². The number of anilines is 1. The van der Waals surface area contributed by atoms with Crippen LogP contribution >= 0.6 is 15.9 Å². The lowest BCUT2D eigenvalue weighted by molar-refractivity contribution is -0.137. The second-order valence-corrected chi connectivity index (χ2v) is 4.31. The van der Waals surface area contributed by atoms with E-state index in [1.807, 2.05) is 0 Å². The van der Waals surface area contributed by atoms with Gasteiger partial charge in [0.15, 0.2) is 5.57 Å². The van der Waals surface area contributed by atoms with Gasteiger partial charge in [0.1, 0.15) is 23.9 Å². The van der Waals surface area contributed by atoms with Gasteiger partial charge in [-0.2, -0.15) is 29.0 Å². The van der Waals surface area contributed by atoms with Gasteiger partial charge in [0.05, 0.1) is 11.3 Å². The molecule has 1 aromatic rings. The number of rotatable bonds is 2. The molecule has 1 aromatic carbocycles. The van der Waals surface area contributed by atoms with E-state index in [1.165, 1.54) is 24.3 Å². The first-order valence-corrected chi connectivity index (χ1v) is 5.71. The first-order chi connectivity index (χ1) is 9.33. The average molecular weight is 341 g/mol. The van der Waals surface area contributed by atoms with Gasteiger partial charge >= 0.3 is 6.18 Å². The minimum atomic E-state index is -4.65. The normalized spacial score (nSPS) is 9.85. The molecule has 0 spiro atoms. The summed E-state index contributed by atoms with van der Waals surface area (Å²) in [6.45, 7) is 0. The fourth-order valence-electron chi connectivity index (χ4n) is 1.28. The molecule has 0 aliphatic carbocycles. The van der Waals surface area contributed by atoms with E-state index in [1.54, 1.807) is 0 Å². The van der Waals surface area contributed by atoms with Gasteiger partial charge in [-0.05, 0) is 18.2 Å². The van der Waals surface area contributed by atoms with E-state index in [-0.39, 0.29) is 4.47 Å². The van der Waals surface area contributed by atoms with Crippen LogP contribution in [0.2, 0.25) is 0 Å². The van der Waals surface area contributed by atoms with Crippen molar-refractivity contribution in [1.29, 1.82) is 15.8 Å². The number of nitrogens with zero attached hydrogens (tertiary/aromatic N) is 3. The number of halogens is 4. The molecule has 100 valence electrons. The van der Waals surface area contributed by atoms with Gasteiger partial charge in [0.25, 0.3) is 0 Å². The Bertz CT molecular complexity index is 671. The van der Waals surface area contributed by atoms with Crippen LogP contribution in [0.1, 0.15) is 5.56 Å². The molecule has 20 heavy (non-hydrogen) atoms. The number of nitriles is 3. The summed E-state index contributed by atoms with van der Waals surface area (Å²) in [4.78, 5) is 0. The zero-order valence-corrected chi connectivity index (χ0v) is 11.2. The summed E-state index contributed by atoms with van der Waals surface area (Å²) in [7, 11) is 0. The van der Waals surface area contributed by atoms with E-state index >= 15 is 0 Å². The van der Waals surface area contributed by atoms with Crippen LogP contribution in [0.3, 0.4) is 0 Å². The van der Waals surface area contributed by atoms with Crippen LogP contribution in [0, 0.1) is 34.0 Å². The highest BCUT2D eigenvalue weighted by Crippen LogP contribution is 2.37. The summed E-state index contributed by atoms with van der Waals surface area (Å²) in [5, 5.41) is 28.2. The lowest BCUT2D eigenvalue weighted by Gasteiger charge is -2.14. The molecule has 1 rings (SSSR count). The third kappa shape index (κ3) is 3.50. The predicted octanol–water partition coefficient (Wildman–Crippen LogP) is 3.70. The van der Waals surface area contributed by atoms with E-state index in [0.717, 1.165) is 12.1 Å². The van der Waals surface area contributed by atoms with Crippen molar-refractivity contribution in [3.05, 3.63) is 39.5 Å². The molecular formula is C12H4BrF3N4. The third-order valence-corrected chi connectivity index (χ3v) is 2.63. The summed E-state index contributed by atoms with van der Waals surface area (Å²) in [6, 6.07) is 7.62. The monoisotopic (exact) mass is 340 g/mol. The summed E-state index contributed by atoms with van der Waals surface area (Å²) >= 11 is 2.92. The van der Waals surface area contributed by atoms with Crippen LogP contribution in [0.4, 0.5) is 18.9 Å². The van der Waals surface area contributed by atoms with Crippen molar-refractivity contribution in [2.75, 3.05) is 5.32 Å². The van der Waals surface area contributed by atoms with Gasteiger partial charge in [-0.15, -0.1) is 0 Å². The molecular weight excluding hydrogens is 337 g/mol. The van der Waals surface area contributed by atoms with Crippen molar-refractivity contribution in [2.45, 2.75) is 6.18 Å². The Kier molecular flexibility index (Phi) is 4.74. The Labute approximate surface area is 120 Å². The molecule has 0 saturated carbocycles. The van der Waals surface area contributed by atoms with Crippen LogP contribution in [0.25, 0.3) is 0 Å². The molecule has 0 aliphatic heterocycles. The molecule has 0 radical (unpaired) electrons. The Balaban J connectivity index is 3.38. The van der Waals surface area contributed by atoms with E-state index in [2.05, 4.69) is 21.2 Å². The molecule has 0 fully saturated rings. The van der Waals surface area contributed by atoms with E-state index in [0.29, 0.717) is 0 Å². The molecule has 4 nitrogen and oxygen atoms in total. The van der Waals surface area contributed by atoms with Crippen LogP contribution in [-0.2, 0) is 6.18 Å². The van der Waals surface area contributed by atoms with Crippen molar-refractivity contribution in [1.82, 2.24) is 0 Å². The molecule has 0 amide bonds. The third-order valence-electron chi connectivity index (χ3n) is 2.13. The van der Waals surface area contributed by atoms with Crippen molar-refractivity contribution >= 4 is 21.6 Å². The fraction of sp³-hybridized carbons (Fsp3) is 0.0833. The van der Waals surface area contributed by atoms with Crippen molar-refractivity contribution < 1.29 is 13.2 Å². The highest BCUT2D eigenvalue weighted by molar-refractivity contribution is 9.10. The largest absolute Gasteiger partial charge is 0.418 e. The minimum absolute atomic E-state index is 0.207. The quantitative estimate of drug-likeness (QED) is 0.832. The van der Waals surface area contributed by atoms with Crippen LogP contribution in [0.5, 0.6) is 0 Å². The van der Waals surface area contributed by atoms with Crippen molar-refractivity contribution in [2.24, 2.45) is 0 Å².